The molecule has 0 radical (unpaired) electrons. The van der Waals surface area contributed by atoms with Crippen LogP contribution >= 0.6 is 0 Å². The van der Waals surface area contributed by atoms with E-state index in [4.69, 9.17) is 0 Å². The zero-order valence-corrected chi connectivity index (χ0v) is 10.6. The van der Waals surface area contributed by atoms with Gasteiger partial charge in [0.15, 0.2) is 0 Å². The molecular weight excluding hydrogens is 220 g/mol. The van der Waals surface area contributed by atoms with Crippen LogP contribution in [0, 0.1) is 5.41 Å². The zero-order chi connectivity index (χ0) is 12.9. The van der Waals surface area contributed by atoms with Gasteiger partial charge in [-0.1, -0.05) is 13.8 Å². The van der Waals surface area contributed by atoms with Gasteiger partial charge in [-0.3, -0.25) is 14.9 Å². The summed E-state index contributed by atoms with van der Waals surface area (Å²) in [5.74, 6) is -0.451. The van der Waals surface area contributed by atoms with Crippen LogP contribution in [0.5, 0.6) is 0 Å². The Morgan fingerprint density at radius 1 is 1.41 bits per heavy atom. The quantitative estimate of drug-likeness (QED) is 0.581. The van der Waals surface area contributed by atoms with Crippen molar-refractivity contribution in [2.24, 2.45) is 5.41 Å². The maximum atomic E-state index is 11.5. The van der Waals surface area contributed by atoms with Gasteiger partial charge in [0.05, 0.1) is 6.04 Å². The van der Waals surface area contributed by atoms with Crippen LogP contribution in [0.15, 0.2) is 0 Å². The molecular formula is C12H22N2O3. The summed E-state index contributed by atoms with van der Waals surface area (Å²) in [7, 11) is 0. The molecule has 0 bridgehead atoms. The number of aliphatic hydroxyl groups excluding tert-OH is 1. The highest BCUT2D eigenvalue weighted by Crippen LogP contribution is 2.24. The van der Waals surface area contributed by atoms with Gasteiger partial charge in [0.1, 0.15) is 0 Å². The molecule has 1 aliphatic rings. The van der Waals surface area contributed by atoms with Crippen LogP contribution in [0.3, 0.4) is 0 Å². The molecule has 1 heterocycles. The van der Waals surface area contributed by atoms with Gasteiger partial charge in [-0.15, -0.1) is 0 Å². The molecule has 0 aliphatic carbocycles. The highest BCUT2D eigenvalue weighted by atomic mass is 16.3. The first-order valence-corrected chi connectivity index (χ1v) is 6.25. The standard InChI is InChI=1S/C12H22N2O3/c1-3-12(4-2,8-15)7-13-9-5-6-10(16)14-11(9)17/h9,13,15H,3-8H2,1-2H3,(H,14,16,17). The van der Waals surface area contributed by atoms with Crippen LogP contribution in [-0.2, 0) is 9.59 Å². The van der Waals surface area contributed by atoms with Crippen molar-refractivity contribution in [3.8, 4) is 0 Å². The van der Waals surface area contributed by atoms with Crippen LogP contribution < -0.4 is 10.6 Å². The molecule has 17 heavy (non-hydrogen) atoms. The monoisotopic (exact) mass is 242 g/mol. The molecule has 0 aromatic carbocycles. The summed E-state index contributed by atoms with van der Waals surface area (Å²) < 4.78 is 0. The second-order valence-electron chi connectivity index (χ2n) is 4.75. The summed E-state index contributed by atoms with van der Waals surface area (Å²) in [6.45, 7) is 4.78. The number of rotatable bonds is 6. The minimum Gasteiger partial charge on any atom is -0.396 e. The fraction of sp³-hybridized carbons (Fsp3) is 0.833. The topological polar surface area (TPSA) is 78.4 Å². The van der Waals surface area contributed by atoms with Gasteiger partial charge in [-0.05, 0) is 19.3 Å². The SMILES string of the molecule is CCC(CC)(CO)CNC1CCC(=O)NC1=O. The number of piperidine rings is 1. The maximum Gasteiger partial charge on any atom is 0.243 e. The third kappa shape index (κ3) is 3.51. The van der Waals surface area contributed by atoms with Crippen LogP contribution in [-0.4, -0.2) is 36.1 Å². The Balaban J connectivity index is 2.49. The molecule has 5 heteroatoms. The first kappa shape index (κ1) is 14.1. The predicted molar refractivity (Wildman–Crippen MR) is 64.3 cm³/mol. The Kier molecular flexibility index (Phi) is 5.08. The minimum absolute atomic E-state index is 0.111. The van der Waals surface area contributed by atoms with Crippen molar-refractivity contribution in [2.45, 2.75) is 45.6 Å². The van der Waals surface area contributed by atoms with Gasteiger partial charge >= 0.3 is 0 Å². The van der Waals surface area contributed by atoms with E-state index in [1.807, 2.05) is 13.8 Å². The van der Waals surface area contributed by atoms with Crippen LogP contribution in [0.1, 0.15) is 39.5 Å². The predicted octanol–water partition coefficient (Wildman–Crippen LogP) is 0.180. The van der Waals surface area contributed by atoms with Gasteiger partial charge in [0.2, 0.25) is 11.8 Å². The molecule has 0 saturated carbocycles. The number of carbonyl (C=O) groups excluding carboxylic acids is 2. The third-order valence-corrected chi connectivity index (χ3v) is 3.80. The number of hydrogen-bond donors (Lipinski definition) is 3. The van der Waals surface area contributed by atoms with E-state index in [1.54, 1.807) is 0 Å². The number of aliphatic hydroxyl groups is 1. The minimum atomic E-state index is -0.309. The summed E-state index contributed by atoms with van der Waals surface area (Å²) in [6.07, 6.45) is 2.65. The molecule has 0 aromatic heterocycles. The van der Waals surface area contributed by atoms with Gasteiger partial charge in [-0.25, -0.2) is 0 Å². The zero-order valence-electron chi connectivity index (χ0n) is 10.6. The summed E-state index contributed by atoms with van der Waals surface area (Å²) in [6, 6.07) is -0.309. The van der Waals surface area contributed by atoms with E-state index in [0.29, 0.717) is 19.4 Å². The first-order valence-electron chi connectivity index (χ1n) is 6.25. The van der Waals surface area contributed by atoms with Crippen molar-refractivity contribution in [2.75, 3.05) is 13.2 Å². The molecule has 2 amide bonds. The lowest BCUT2D eigenvalue weighted by atomic mass is 9.83. The lowest BCUT2D eigenvalue weighted by Gasteiger charge is -2.32. The van der Waals surface area contributed by atoms with Crippen molar-refractivity contribution in [1.82, 2.24) is 10.6 Å². The Hall–Kier alpha value is -0.940. The van der Waals surface area contributed by atoms with Gasteiger partial charge in [0, 0.05) is 25.0 Å². The lowest BCUT2D eigenvalue weighted by molar-refractivity contribution is -0.134. The number of imide groups is 1. The van der Waals surface area contributed by atoms with E-state index < -0.39 is 0 Å². The molecule has 0 aromatic rings. The summed E-state index contributed by atoms with van der Waals surface area (Å²) >= 11 is 0. The van der Waals surface area contributed by atoms with E-state index in [-0.39, 0.29) is 29.9 Å². The molecule has 5 nitrogen and oxygen atoms in total. The molecule has 1 rings (SSSR count). The molecule has 98 valence electrons. The highest BCUT2D eigenvalue weighted by molar-refractivity contribution is 6.00. The number of hydrogen-bond acceptors (Lipinski definition) is 4. The summed E-state index contributed by atoms with van der Waals surface area (Å²) in [4.78, 5) is 22.5. The fourth-order valence-corrected chi connectivity index (χ4v) is 2.01. The molecule has 1 unspecified atom stereocenters. The smallest absolute Gasteiger partial charge is 0.243 e. The summed E-state index contributed by atoms with van der Waals surface area (Å²) in [5, 5.41) is 14.9. The largest absolute Gasteiger partial charge is 0.396 e. The van der Waals surface area contributed by atoms with Crippen molar-refractivity contribution in [3.05, 3.63) is 0 Å². The maximum absolute atomic E-state index is 11.5. The average molecular weight is 242 g/mol. The number of carbonyl (C=O) groups is 2. The molecule has 1 fully saturated rings. The van der Waals surface area contributed by atoms with Crippen molar-refractivity contribution >= 4 is 11.8 Å². The van der Waals surface area contributed by atoms with E-state index in [1.165, 1.54) is 0 Å². The van der Waals surface area contributed by atoms with Gasteiger partial charge in [0.25, 0.3) is 0 Å². The van der Waals surface area contributed by atoms with Crippen LogP contribution in [0.25, 0.3) is 0 Å². The third-order valence-electron chi connectivity index (χ3n) is 3.80. The van der Waals surface area contributed by atoms with E-state index in [0.717, 1.165) is 12.8 Å². The molecule has 0 spiro atoms. The normalized spacial score (nSPS) is 21.5. The van der Waals surface area contributed by atoms with Crippen molar-refractivity contribution in [1.29, 1.82) is 0 Å². The second-order valence-corrected chi connectivity index (χ2v) is 4.75. The van der Waals surface area contributed by atoms with E-state index in [2.05, 4.69) is 10.6 Å². The fourth-order valence-electron chi connectivity index (χ4n) is 2.01. The van der Waals surface area contributed by atoms with Gasteiger partial charge < -0.3 is 10.4 Å². The Morgan fingerprint density at radius 2 is 2.06 bits per heavy atom. The number of amides is 2. The highest BCUT2D eigenvalue weighted by Gasteiger charge is 2.30. The van der Waals surface area contributed by atoms with E-state index >= 15 is 0 Å². The van der Waals surface area contributed by atoms with Crippen molar-refractivity contribution < 1.29 is 14.7 Å². The lowest BCUT2D eigenvalue weighted by Crippen LogP contribution is -2.53. The van der Waals surface area contributed by atoms with Crippen LogP contribution in [0.4, 0.5) is 0 Å². The Morgan fingerprint density at radius 3 is 2.53 bits per heavy atom. The summed E-state index contributed by atoms with van der Waals surface area (Å²) in [5.41, 5.74) is -0.165. The van der Waals surface area contributed by atoms with Crippen molar-refractivity contribution in [3.63, 3.8) is 0 Å². The molecule has 1 saturated heterocycles. The molecule has 3 N–H and O–H groups in total. The Labute approximate surface area is 102 Å². The number of nitrogens with one attached hydrogen (secondary N) is 2. The van der Waals surface area contributed by atoms with Crippen LogP contribution in [0.2, 0.25) is 0 Å². The first-order chi connectivity index (χ1) is 8.06. The second kappa shape index (κ2) is 6.12. The Bertz CT molecular complexity index is 279. The molecule has 1 aliphatic heterocycles. The molecule has 1 atom stereocenters. The van der Waals surface area contributed by atoms with Gasteiger partial charge in [-0.2, -0.15) is 0 Å². The van der Waals surface area contributed by atoms with E-state index in [9.17, 15) is 14.7 Å². The average Bonchev–Trinajstić information content (AvgIpc) is 2.33.